The number of benzene rings is 1. The fraction of sp³-hybridized carbons (Fsp3) is 0.333. The van der Waals surface area contributed by atoms with Crippen molar-refractivity contribution >= 4 is 11.6 Å². The van der Waals surface area contributed by atoms with Crippen molar-refractivity contribution in [2.45, 2.75) is 32.2 Å². The van der Waals surface area contributed by atoms with E-state index in [4.69, 9.17) is 5.73 Å². The molecule has 0 spiro atoms. The number of carbonyl (C=O) groups excluding carboxylic acids is 1. The van der Waals surface area contributed by atoms with Crippen molar-refractivity contribution in [1.82, 2.24) is 10.2 Å². The molecule has 1 aromatic carbocycles. The number of aromatic nitrogens is 2. The Morgan fingerprint density at radius 2 is 2.20 bits per heavy atom. The third kappa shape index (κ3) is 4.20. The summed E-state index contributed by atoms with van der Waals surface area (Å²) in [6.07, 6.45) is 2.76. The van der Waals surface area contributed by atoms with Gasteiger partial charge in [-0.25, -0.2) is 0 Å². The molecule has 0 radical (unpaired) electrons. The molecule has 1 heterocycles. The molecule has 2 aromatic rings. The molecule has 5 heteroatoms. The van der Waals surface area contributed by atoms with E-state index in [0.717, 1.165) is 16.9 Å². The topological polar surface area (TPSA) is 83.8 Å². The van der Waals surface area contributed by atoms with E-state index in [2.05, 4.69) is 15.5 Å². The Morgan fingerprint density at radius 3 is 2.85 bits per heavy atom. The second-order valence-corrected chi connectivity index (χ2v) is 5.59. The van der Waals surface area contributed by atoms with Gasteiger partial charge in [0.15, 0.2) is 0 Å². The number of H-pyrrole nitrogens is 1. The smallest absolute Gasteiger partial charge is 0.224 e. The summed E-state index contributed by atoms with van der Waals surface area (Å²) in [6.45, 7) is 3.83. The van der Waals surface area contributed by atoms with Crippen molar-refractivity contribution in [2.75, 3.05) is 5.32 Å². The molecule has 0 atom stereocenters. The Bertz CT molecular complexity index is 570. The fourth-order valence-corrected chi connectivity index (χ4v) is 1.84. The second-order valence-electron chi connectivity index (χ2n) is 5.59. The highest BCUT2D eigenvalue weighted by Gasteiger charge is 2.13. The van der Waals surface area contributed by atoms with Crippen molar-refractivity contribution in [3.63, 3.8) is 0 Å². The minimum Gasteiger partial charge on any atom is -0.326 e. The normalized spacial score (nSPS) is 11.3. The molecule has 20 heavy (non-hydrogen) atoms. The van der Waals surface area contributed by atoms with E-state index < -0.39 is 0 Å². The van der Waals surface area contributed by atoms with Gasteiger partial charge < -0.3 is 11.1 Å². The van der Waals surface area contributed by atoms with Crippen LogP contribution in [0.25, 0.3) is 11.3 Å². The van der Waals surface area contributed by atoms with Crippen LogP contribution < -0.4 is 11.1 Å². The molecule has 5 nitrogen and oxygen atoms in total. The Balaban J connectivity index is 2.00. The summed E-state index contributed by atoms with van der Waals surface area (Å²) in [5, 5.41) is 9.71. The van der Waals surface area contributed by atoms with Gasteiger partial charge in [-0.1, -0.05) is 12.1 Å². The van der Waals surface area contributed by atoms with E-state index in [1.165, 1.54) is 0 Å². The van der Waals surface area contributed by atoms with Gasteiger partial charge in [0, 0.05) is 29.4 Å². The number of aromatic amines is 1. The Hall–Kier alpha value is -2.14. The maximum Gasteiger partial charge on any atom is 0.224 e. The number of carbonyl (C=O) groups is 1. The highest BCUT2D eigenvalue weighted by atomic mass is 16.1. The summed E-state index contributed by atoms with van der Waals surface area (Å²) in [6, 6.07) is 9.53. The van der Waals surface area contributed by atoms with Gasteiger partial charge in [-0.3, -0.25) is 9.89 Å². The van der Waals surface area contributed by atoms with Crippen LogP contribution in [0.5, 0.6) is 0 Å². The van der Waals surface area contributed by atoms with Crippen molar-refractivity contribution in [1.29, 1.82) is 0 Å². The maximum atomic E-state index is 11.9. The zero-order valence-electron chi connectivity index (χ0n) is 11.8. The lowest BCUT2D eigenvalue weighted by Crippen LogP contribution is -2.33. The number of nitrogens with two attached hydrogens (primary N) is 1. The van der Waals surface area contributed by atoms with Gasteiger partial charge in [0.2, 0.25) is 5.91 Å². The molecular weight excluding hydrogens is 252 g/mol. The number of hydrogen-bond donors (Lipinski definition) is 3. The lowest BCUT2D eigenvalue weighted by molar-refractivity contribution is -0.116. The molecule has 0 saturated carbocycles. The lowest BCUT2D eigenvalue weighted by Gasteiger charge is -2.17. The fourth-order valence-electron chi connectivity index (χ4n) is 1.84. The summed E-state index contributed by atoms with van der Waals surface area (Å²) in [4.78, 5) is 11.9. The van der Waals surface area contributed by atoms with Gasteiger partial charge in [0.05, 0.1) is 5.69 Å². The summed E-state index contributed by atoms with van der Waals surface area (Å²) in [5.41, 5.74) is 8.23. The first-order chi connectivity index (χ1) is 9.44. The first kappa shape index (κ1) is 14.3. The van der Waals surface area contributed by atoms with Gasteiger partial charge in [-0.15, -0.1) is 0 Å². The Labute approximate surface area is 118 Å². The SMILES string of the molecule is CC(C)(N)CCC(=O)Nc1cccc(-c2ccn[nH]2)c1. The van der Waals surface area contributed by atoms with Crippen LogP contribution >= 0.6 is 0 Å². The minimum atomic E-state index is -0.324. The van der Waals surface area contributed by atoms with Crippen LogP contribution in [-0.2, 0) is 4.79 Å². The van der Waals surface area contributed by atoms with Crippen LogP contribution in [0.2, 0.25) is 0 Å². The van der Waals surface area contributed by atoms with E-state index in [1.807, 2.05) is 44.2 Å². The first-order valence-corrected chi connectivity index (χ1v) is 6.63. The van der Waals surface area contributed by atoms with Gasteiger partial charge in [0.1, 0.15) is 0 Å². The van der Waals surface area contributed by atoms with E-state index in [-0.39, 0.29) is 11.4 Å². The standard InChI is InChI=1S/C15H20N4O/c1-15(2,16)8-6-14(20)18-12-5-3-4-11(10-12)13-7-9-17-19-13/h3-5,7,9-10H,6,8,16H2,1-2H3,(H,17,19)(H,18,20). The largest absolute Gasteiger partial charge is 0.326 e. The second kappa shape index (κ2) is 5.88. The molecule has 0 aliphatic carbocycles. The van der Waals surface area contributed by atoms with E-state index >= 15 is 0 Å². The third-order valence-electron chi connectivity index (χ3n) is 2.95. The van der Waals surface area contributed by atoms with Crippen LogP contribution in [0.1, 0.15) is 26.7 Å². The van der Waals surface area contributed by atoms with Gasteiger partial charge >= 0.3 is 0 Å². The third-order valence-corrected chi connectivity index (χ3v) is 2.95. The first-order valence-electron chi connectivity index (χ1n) is 6.63. The average molecular weight is 272 g/mol. The number of rotatable bonds is 5. The Morgan fingerprint density at radius 1 is 1.40 bits per heavy atom. The molecule has 2 rings (SSSR count). The van der Waals surface area contributed by atoms with Crippen LogP contribution in [0.15, 0.2) is 36.5 Å². The number of amides is 1. The van der Waals surface area contributed by atoms with Crippen molar-refractivity contribution in [3.05, 3.63) is 36.5 Å². The average Bonchev–Trinajstić information content (AvgIpc) is 2.90. The summed E-state index contributed by atoms with van der Waals surface area (Å²) in [5.74, 6) is -0.0229. The van der Waals surface area contributed by atoms with Gasteiger partial charge in [-0.2, -0.15) is 5.10 Å². The Kier molecular flexibility index (Phi) is 4.20. The van der Waals surface area contributed by atoms with Crippen LogP contribution in [0.3, 0.4) is 0 Å². The minimum absolute atomic E-state index is 0.0229. The highest BCUT2D eigenvalue weighted by Crippen LogP contribution is 2.20. The van der Waals surface area contributed by atoms with Crippen LogP contribution in [-0.4, -0.2) is 21.6 Å². The molecule has 0 saturated heterocycles. The summed E-state index contributed by atoms with van der Waals surface area (Å²) < 4.78 is 0. The predicted octanol–water partition coefficient (Wildman–Crippen LogP) is 2.53. The van der Waals surface area contributed by atoms with Crippen LogP contribution in [0.4, 0.5) is 5.69 Å². The van der Waals surface area contributed by atoms with Gasteiger partial charge in [-0.05, 0) is 38.5 Å². The maximum absolute atomic E-state index is 11.9. The van der Waals surface area contributed by atoms with E-state index in [9.17, 15) is 4.79 Å². The van der Waals surface area contributed by atoms with Crippen molar-refractivity contribution in [3.8, 4) is 11.3 Å². The zero-order valence-corrected chi connectivity index (χ0v) is 11.8. The molecule has 1 aromatic heterocycles. The molecule has 0 aliphatic rings. The molecular formula is C15H20N4O. The van der Waals surface area contributed by atoms with Crippen LogP contribution in [0, 0.1) is 0 Å². The predicted molar refractivity (Wildman–Crippen MR) is 80.2 cm³/mol. The summed E-state index contributed by atoms with van der Waals surface area (Å²) >= 11 is 0. The van der Waals surface area contributed by atoms with Crippen molar-refractivity contribution in [2.24, 2.45) is 5.73 Å². The molecule has 1 amide bonds. The molecule has 0 unspecified atom stereocenters. The van der Waals surface area contributed by atoms with E-state index in [0.29, 0.717) is 12.8 Å². The summed E-state index contributed by atoms with van der Waals surface area (Å²) in [7, 11) is 0. The number of nitrogens with one attached hydrogen (secondary N) is 2. The van der Waals surface area contributed by atoms with E-state index in [1.54, 1.807) is 6.20 Å². The highest BCUT2D eigenvalue weighted by molar-refractivity contribution is 5.91. The quantitative estimate of drug-likeness (QED) is 0.782. The van der Waals surface area contributed by atoms with Gasteiger partial charge in [0.25, 0.3) is 0 Å². The molecule has 4 N–H and O–H groups in total. The monoisotopic (exact) mass is 272 g/mol. The van der Waals surface area contributed by atoms with Crippen molar-refractivity contribution < 1.29 is 4.79 Å². The number of anilines is 1. The molecule has 0 bridgehead atoms. The number of nitrogens with zero attached hydrogens (tertiary/aromatic N) is 1. The molecule has 0 aliphatic heterocycles. The lowest BCUT2D eigenvalue weighted by atomic mass is 10.00. The molecule has 0 fully saturated rings. The number of hydrogen-bond acceptors (Lipinski definition) is 3. The zero-order chi connectivity index (χ0) is 14.6. The molecule has 106 valence electrons.